The van der Waals surface area contributed by atoms with E-state index in [0.717, 1.165) is 11.7 Å². The monoisotopic (exact) mass is 301 g/mol. The van der Waals surface area contributed by atoms with Crippen LogP contribution in [0.1, 0.15) is 68.9 Å². The van der Waals surface area contributed by atoms with E-state index in [1.165, 1.54) is 57.9 Å². The Bertz CT molecular complexity index is 485. The fraction of sp³-hybridized carbons (Fsp3) is 0.700. The normalized spacial score (nSPS) is 27.6. The lowest BCUT2D eigenvalue weighted by Gasteiger charge is -2.42. The molecule has 22 heavy (non-hydrogen) atoms. The van der Waals surface area contributed by atoms with Crippen molar-refractivity contribution in [3.63, 3.8) is 0 Å². The Morgan fingerprint density at radius 3 is 2.86 bits per heavy atom. The molecule has 1 saturated carbocycles. The van der Waals surface area contributed by atoms with Crippen molar-refractivity contribution < 1.29 is 4.74 Å². The highest BCUT2D eigenvalue weighted by atomic mass is 16.5. The van der Waals surface area contributed by atoms with Gasteiger partial charge in [0.2, 0.25) is 0 Å². The van der Waals surface area contributed by atoms with Gasteiger partial charge in [0.25, 0.3) is 0 Å². The maximum absolute atomic E-state index is 5.49. The van der Waals surface area contributed by atoms with Crippen LogP contribution in [0, 0.1) is 5.92 Å². The quantitative estimate of drug-likeness (QED) is 0.798. The molecule has 3 atom stereocenters. The van der Waals surface area contributed by atoms with E-state index >= 15 is 0 Å². The van der Waals surface area contributed by atoms with Gasteiger partial charge < -0.3 is 10.1 Å². The van der Waals surface area contributed by atoms with Crippen molar-refractivity contribution >= 4 is 0 Å². The molecule has 0 heterocycles. The lowest BCUT2D eigenvalue weighted by molar-refractivity contribution is 0.235. The second-order valence-corrected chi connectivity index (χ2v) is 7.11. The molecule has 1 aromatic rings. The van der Waals surface area contributed by atoms with Gasteiger partial charge in [-0.2, -0.15) is 0 Å². The van der Waals surface area contributed by atoms with Crippen LogP contribution in [0.25, 0.3) is 0 Å². The highest BCUT2D eigenvalue weighted by molar-refractivity contribution is 5.41. The van der Waals surface area contributed by atoms with Gasteiger partial charge in [0, 0.05) is 6.04 Å². The maximum atomic E-state index is 5.49. The van der Waals surface area contributed by atoms with E-state index in [1.54, 1.807) is 18.2 Å². The van der Waals surface area contributed by atoms with Crippen LogP contribution in [0.5, 0.6) is 5.75 Å². The minimum absolute atomic E-state index is 0.673. The van der Waals surface area contributed by atoms with Crippen molar-refractivity contribution in [2.45, 2.75) is 70.3 Å². The molecule has 2 nitrogen and oxygen atoms in total. The molecular formula is C20H31NO. The lowest BCUT2D eigenvalue weighted by Crippen LogP contribution is -2.46. The Balaban J connectivity index is 1.88. The fourth-order valence-corrected chi connectivity index (χ4v) is 4.48. The zero-order valence-electron chi connectivity index (χ0n) is 14.2. The number of hydrogen-bond acceptors (Lipinski definition) is 2. The Hall–Kier alpha value is -1.02. The molecule has 1 fully saturated rings. The average Bonchev–Trinajstić information content (AvgIpc) is 2.54. The summed E-state index contributed by atoms with van der Waals surface area (Å²) < 4.78 is 5.49. The summed E-state index contributed by atoms with van der Waals surface area (Å²) in [5.41, 5.74) is 3.14. The first-order valence-corrected chi connectivity index (χ1v) is 9.23. The number of rotatable bonds is 5. The van der Waals surface area contributed by atoms with Gasteiger partial charge in [0.05, 0.1) is 7.11 Å². The summed E-state index contributed by atoms with van der Waals surface area (Å²) >= 11 is 0. The number of methoxy groups -OCH3 is 1. The minimum atomic E-state index is 0.673. The summed E-state index contributed by atoms with van der Waals surface area (Å²) in [4.78, 5) is 0. The molecular weight excluding hydrogens is 270 g/mol. The molecule has 0 spiro atoms. The first-order valence-electron chi connectivity index (χ1n) is 9.23. The average molecular weight is 301 g/mol. The third-order valence-electron chi connectivity index (χ3n) is 5.68. The molecule has 2 bridgehead atoms. The van der Waals surface area contributed by atoms with Crippen LogP contribution >= 0.6 is 0 Å². The van der Waals surface area contributed by atoms with Crippen molar-refractivity contribution in [3.8, 4) is 5.75 Å². The van der Waals surface area contributed by atoms with E-state index in [2.05, 4.69) is 30.4 Å². The third kappa shape index (κ3) is 3.32. The number of benzene rings is 1. The van der Waals surface area contributed by atoms with Crippen LogP contribution in [-0.4, -0.2) is 19.7 Å². The van der Waals surface area contributed by atoms with Crippen LogP contribution in [0.15, 0.2) is 18.2 Å². The second-order valence-electron chi connectivity index (χ2n) is 7.11. The number of ether oxygens (including phenoxy) is 1. The van der Waals surface area contributed by atoms with Gasteiger partial charge in [0.1, 0.15) is 5.75 Å². The highest BCUT2D eigenvalue weighted by Crippen LogP contribution is 2.43. The first-order chi connectivity index (χ1) is 10.8. The summed E-state index contributed by atoms with van der Waals surface area (Å²) in [6.45, 7) is 3.45. The molecule has 0 amide bonds. The Morgan fingerprint density at radius 1 is 1.18 bits per heavy atom. The summed E-state index contributed by atoms with van der Waals surface area (Å²) in [6, 6.07) is 7.44. The number of hydrogen-bond donors (Lipinski definition) is 1. The van der Waals surface area contributed by atoms with Crippen molar-refractivity contribution in [3.05, 3.63) is 29.3 Å². The standard InChI is InChI=1S/C20H31NO/c1-3-4-12-21-20-16-8-6-5-7-9-18(20)19-14-17(22-2)11-10-15(19)13-16/h10-11,14,16,18,20-21H,3-9,12-13H2,1-2H3/t16-,18?,20-/m0/s1. The predicted octanol–water partition coefficient (Wildman–Crippen LogP) is 4.67. The number of nitrogens with one attached hydrogen (secondary N) is 1. The molecule has 0 radical (unpaired) electrons. The molecule has 2 aliphatic carbocycles. The SMILES string of the molecule is CCCCN[C@@H]1C2CCCCC[C@H]1Cc1ccc(OC)cc12. The van der Waals surface area contributed by atoms with E-state index in [4.69, 9.17) is 4.74 Å². The van der Waals surface area contributed by atoms with Crippen LogP contribution < -0.4 is 10.1 Å². The predicted molar refractivity (Wildman–Crippen MR) is 92.7 cm³/mol. The summed E-state index contributed by atoms with van der Waals surface area (Å²) in [7, 11) is 1.78. The van der Waals surface area contributed by atoms with Crippen molar-refractivity contribution in [1.82, 2.24) is 5.32 Å². The van der Waals surface area contributed by atoms with Crippen LogP contribution in [0.2, 0.25) is 0 Å². The summed E-state index contributed by atoms with van der Waals surface area (Å²) in [5, 5.41) is 3.93. The largest absolute Gasteiger partial charge is 0.497 e. The zero-order chi connectivity index (χ0) is 15.4. The lowest BCUT2D eigenvalue weighted by atomic mass is 9.68. The molecule has 122 valence electrons. The van der Waals surface area contributed by atoms with Gasteiger partial charge in [-0.3, -0.25) is 0 Å². The molecule has 3 rings (SSSR count). The fourth-order valence-electron chi connectivity index (χ4n) is 4.48. The van der Waals surface area contributed by atoms with E-state index in [9.17, 15) is 0 Å². The molecule has 0 aromatic heterocycles. The first kappa shape index (κ1) is 15.9. The molecule has 0 aliphatic heterocycles. The molecule has 1 aromatic carbocycles. The van der Waals surface area contributed by atoms with Gasteiger partial charge >= 0.3 is 0 Å². The van der Waals surface area contributed by atoms with E-state index in [0.29, 0.717) is 12.0 Å². The molecule has 1 unspecified atom stereocenters. The summed E-state index contributed by atoms with van der Waals surface area (Å²) in [6.07, 6.45) is 10.7. The van der Waals surface area contributed by atoms with Crippen LogP contribution in [0.4, 0.5) is 0 Å². The molecule has 2 aliphatic rings. The summed E-state index contributed by atoms with van der Waals surface area (Å²) in [5.74, 6) is 2.52. The van der Waals surface area contributed by atoms with Crippen molar-refractivity contribution in [2.75, 3.05) is 13.7 Å². The van der Waals surface area contributed by atoms with Crippen molar-refractivity contribution in [2.24, 2.45) is 5.92 Å². The smallest absolute Gasteiger partial charge is 0.119 e. The van der Waals surface area contributed by atoms with E-state index in [1.807, 2.05) is 0 Å². The highest BCUT2D eigenvalue weighted by Gasteiger charge is 2.36. The van der Waals surface area contributed by atoms with E-state index in [-0.39, 0.29) is 0 Å². The third-order valence-corrected chi connectivity index (χ3v) is 5.68. The van der Waals surface area contributed by atoms with Gasteiger partial charge in [-0.05, 0) is 67.3 Å². The van der Waals surface area contributed by atoms with Gasteiger partial charge in [-0.15, -0.1) is 0 Å². The Labute approximate surface area is 135 Å². The van der Waals surface area contributed by atoms with Gasteiger partial charge in [-0.25, -0.2) is 0 Å². The topological polar surface area (TPSA) is 21.3 Å². The minimum Gasteiger partial charge on any atom is -0.497 e. The van der Waals surface area contributed by atoms with Crippen LogP contribution in [-0.2, 0) is 6.42 Å². The molecule has 1 N–H and O–H groups in total. The second kappa shape index (κ2) is 7.50. The number of unbranched alkanes of at least 4 members (excludes halogenated alkanes) is 1. The van der Waals surface area contributed by atoms with E-state index < -0.39 is 0 Å². The number of fused-ring (bicyclic) bond motifs is 4. The van der Waals surface area contributed by atoms with Gasteiger partial charge in [-0.1, -0.05) is 38.7 Å². The van der Waals surface area contributed by atoms with Gasteiger partial charge in [0.15, 0.2) is 0 Å². The zero-order valence-corrected chi connectivity index (χ0v) is 14.2. The van der Waals surface area contributed by atoms with Crippen LogP contribution in [0.3, 0.4) is 0 Å². The molecule has 2 heteroatoms. The molecule has 0 saturated heterocycles. The maximum Gasteiger partial charge on any atom is 0.119 e. The Morgan fingerprint density at radius 2 is 2.05 bits per heavy atom. The Kier molecular flexibility index (Phi) is 5.41. The van der Waals surface area contributed by atoms with Crippen molar-refractivity contribution in [1.29, 1.82) is 0 Å².